The van der Waals surface area contributed by atoms with E-state index in [1.807, 2.05) is 26.0 Å². The zero-order valence-corrected chi connectivity index (χ0v) is 19.8. The monoisotopic (exact) mass is 451 g/mol. The zero-order chi connectivity index (χ0) is 23.1. The van der Waals surface area contributed by atoms with Gasteiger partial charge in [0.1, 0.15) is 0 Å². The summed E-state index contributed by atoms with van der Waals surface area (Å²) in [6, 6.07) is 9.04. The highest BCUT2D eigenvalue weighted by Crippen LogP contribution is 2.27. The normalized spacial score (nSPS) is 13.8. The van der Waals surface area contributed by atoms with Gasteiger partial charge < -0.3 is 10.1 Å². The highest BCUT2D eigenvalue weighted by molar-refractivity contribution is 6.34. The molecule has 168 valence electrons. The van der Waals surface area contributed by atoms with E-state index in [-0.39, 0.29) is 18.3 Å². The van der Waals surface area contributed by atoms with Crippen molar-refractivity contribution in [3.05, 3.63) is 63.2 Å². The van der Waals surface area contributed by atoms with E-state index in [9.17, 15) is 9.59 Å². The van der Waals surface area contributed by atoms with E-state index in [1.165, 1.54) is 39.2 Å². The summed E-state index contributed by atoms with van der Waals surface area (Å²) < 4.78 is 4.71. The molecule has 1 aliphatic rings. The van der Waals surface area contributed by atoms with Crippen LogP contribution >= 0.6 is 11.6 Å². The smallest absolute Gasteiger partial charge is 0.309 e. The van der Waals surface area contributed by atoms with Crippen LogP contribution in [-0.2, 0) is 16.0 Å². The van der Waals surface area contributed by atoms with Crippen LogP contribution in [-0.4, -0.2) is 19.0 Å². The van der Waals surface area contributed by atoms with Crippen LogP contribution in [0.15, 0.2) is 30.3 Å². The van der Waals surface area contributed by atoms with Crippen LogP contribution in [0.1, 0.15) is 71.1 Å². The van der Waals surface area contributed by atoms with Gasteiger partial charge in [-0.15, -0.1) is 0 Å². The third kappa shape index (κ3) is 6.37. The molecule has 0 aromatic heterocycles. The molecule has 1 N–H and O–H groups in total. The van der Waals surface area contributed by atoms with E-state index >= 15 is 0 Å². The molecule has 1 amide bonds. The molecule has 3 rings (SSSR count). The number of nitrogens with one attached hydrogen (secondary N) is 1. The number of anilines is 1. The van der Waals surface area contributed by atoms with Gasteiger partial charge in [-0.25, -0.2) is 0 Å². The number of carbonyl (C=O) groups is 2. The molecule has 0 heterocycles. The van der Waals surface area contributed by atoms with Crippen LogP contribution in [0.5, 0.6) is 0 Å². The van der Waals surface area contributed by atoms with Gasteiger partial charge in [0.15, 0.2) is 0 Å². The van der Waals surface area contributed by atoms with Crippen LogP contribution in [0, 0.1) is 31.6 Å². The van der Waals surface area contributed by atoms with Gasteiger partial charge >= 0.3 is 5.97 Å². The SMILES string of the molecule is COC(=O)Cc1ccc(Cl)c(NC(=O)c2c(C)cc(C#CCC3CCCCC3)cc2C)c1. The Kier molecular flexibility index (Phi) is 8.36. The second-order valence-electron chi connectivity index (χ2n) is 8.52. The molecule has 0 aliphatic heterocycles. The summed E-state index contributed by atoms with van der Waals surface area (Å²) in [4.78, 5) is 24.6. The van der Waals surface area contributed by atoms with Crippen molar-refractivity contribution in [2.75, 3.05) is 12.4 Å². The second kappa shape index (κ2) is 11.2. The fourth-order valence-corrected chi connectivity index (χ4v) is 4.45. The fourth-order valence-electron chi connectivity index (χ4n) is 4.28. The van der Waals surface area contributed by atoms with Gasteiger partial charge in [0, 0.05) is 17.5 Å². The molecule has 0 saturated heterocycles. The highest BCUT2D eigenvalue weighted by Gasteiger charge is 2.16. The average Bonchev–Trinajstić information content (AvgIpc) is 2.76. The Morgan fingerprint density at radius 3 is 2.44 bits per heavy atom. The van der Waals surface area contributed by atoms with Gasteiger partial charge in [0.05, 0.1) is 24.2 Å². The average molecular weight is 452 g/mol. The molecule has 0 radical (unpaired) electrons. The van der Waals surface area contributed by atoms with Crippen molar-refractivity contribution in [1.29, 1.82) is 0 Å². The quantitative estimate of drug-likeness (QED) is 0.432. The summed E-state index contributed by atoms with van der Waals surface area (Å²) in [6.45, 7) is 3.84. The molecule has 1 aliphatic carbocycles. The van der Waals surface area contributed by atoms with E-state index < -0.39 is 0 Å². The molecular formula is C27H30ClNO3. The number of aryl methyl sites for hydroxylation is 2. The van der Waals surface area contributed by atoms with Crippen LogP contribution in [0.2, 0.25) is 5.02 Å². The molecule has 1 fully saturated rings. The topological polar surface area (TPSA) is 55.4 Å². The van der Waals surface area contributed by atoms with E-state index in [4.69, 9.17) is 16.3 Å². The predicted octanol–water partition coefficient (Wildman–Crippen LogP) is 6.25. The number of hydrogen-bond donors (Lipinski definition) is 1. The van der Waals surface area contributed by atoms with Gasteiger partial charge in [-0.1, -0.05) is 48.8 Å². The third-order valence-electron chi connectivity index (χ3n) is 5.96. The summed E-state index contributed by atoms with van der Waals surface area (Å²) >= 11 is 6.28. The Morgan fingerprint density at radius 1 is 1.09 bits per heavy atom. The minimum Gasteiger partial charge on any atom is -0.469 e. The number of halogens is 1. The van der Waals surface area contributed by atoms with E-state index in [2.05, 4.69) is 17.2 Å². The first kappa shape index (κ1) is 23.9. The van der Waals surface area contributed by atoms with E-state index in [0.29, 0.717) is 21.8 Å². The number of amides is 1. The number of benzene rings is 2. The maximum atomic E-state index is 13.0. The fraction of sp³-hybridized carbons (Fsp3) is 0.407. The molecule has 2 aromatic carbocycles. The Hall–Kier alpha value is -2.77. The van der Waals surface area contributed by atoms with Crippen LogP contribution in [0.4, 0.5) is 5.69 Å². The predicted molar refractivity (Wildman–Crippen MR) is 129 cm³/mol. The maximum Gasteiger partial charge on any atom is 0.309 e. The van der Waals surface area contributed by atoms with Gasteiger partial charge in [-0.3, -0.25) is 9.59 Å². The highest BCUT2D eigenvalue weighted by atomic mass is 35.5. The van der Waals surface area contributed by atoms with Crippen LogP contribution in [0.25, 0.3) is 0 Å². The van der Waals surface area contributed by atoms with Gasteiger partial charge in [0.25, 0.3) is 5.91 Å². The van der Waals surface area contributed by atoms with E-state index in [0.717, 1.165) is 29.0 Å². The first-order valence-electron chi connectivity index (χ1n) is 11.1. The standard InChI is InChI=1S/C27H30ClNO3/c1-18-14-21(11-7-10-20-8-5-4-6-9-20)15-19(2)26(18)27(31)29-24-16-22(12-13-23(24)28)17-25(30)32-3/h12-16,20H,4-6,8-10,17H2,1-3H3,(H,29,31). The lowest BCUT2D eigenvalue weighted by molar-refractivity contribution is -0.139. The van der Waals surface area contributed by atoms with Crippen molar-refractivity contribution in [3.8, 4) is 11.8 Å². The lowest BCUT2D eigenvalue weighted by Gasteiger charge is -2.18. The maximum absolute atomic E-state index is 13.0. The molecule has 0 unspecified atom stereocenters. The second-order valence-corrected chi connectivity index (χ2v) is 8.92. The minimum absolute atomic E-state index is 0.114. The molecular weight excluding hydrogens is 422 g/mol. The lowest BCUT2D eigenvalue weighted by Crippen LogP contribution is -2.16. The van der Waals surface area contributed by atoms with Crippen molar-refractivity contribution in [1.82, 2.24) is 0 Å². The number of esters is 1. The van der Waals surface area contributed by atoms with E-state index in [1.54, 1.807) is 18.2 Å². The van der Waals surface area contributed by atoms with Crippen LogP contribution in [0.3, 0.4) is 0 Å². The number of hydrogen-bond acceptors (Lipinski definition) is 3. The van der Waals surface area contributed by atoms with Crippen molar-refractivity contribution in [3.63, 3.8) is 0 Å². The van der Waals surface area contributed by atoms with Crippen molar-refractivity contribution >= 4 is 29.2 Å². The molecule has 5 heteroatoms. The first-order valence-corrected chi connectivity index (χ1v) is 11.5. The largest absolute Gasteiger partial charge is 0.469 e. The Balaban J connectivity index is 1.73. The van der Waals surface area contributed by atoms with Gasteiger partial charge in [0.2, 0.25) is 0 Å². The molecule has 1 saturated carbocycles. The van der Waals surface area contributed by atoms with Crippen molar-refractivity contribution in [2.45, 2.75) is 58.8 Å². The summed E-state index contributed by atoms with van der Waals surface area (Å²) in [5, 5.41) is 3.30. The first-order chi connectivity index (χ1) is 15.4. The minimum atomic E-state index is -0.350. The lowest BCUT2D eigenvalue weighted by atomic mass is 9.87. The molecule has 0 atom stereocenters. The van der Waals surface area contributed by atoms with Crippen molar-refractivity contribution in [2.24, 2.45) is 5.92 Å². The molecule has 2 aromatic rings. The molecule has 0 bridgehead atoms. The number of ether oxygens (including phenoxy) is 1. The Bertz CT molecular complexity index is 1040. The molecule has 0 spiro atoms. The number of carbonyl (C=O) groups excluding carboxylic acids is 2. The number of methoxy groups -OCH3 is 1. The molecule has 4 nitrogen and oxygen atoms in total. The zero-order valence-electron chi connectivity index (χ0n) is 19.0. The van der Waals surface area contributed by atoms with Gasteiger partial charge in [-0.05, 0) is 73.6 Å². The third-order valence-corrected chi connectivity index (χ3v) is 6.29. The summed E-state index contributed by atoms with van der Waals surface area (Å²) in [5.41, 5.74) is 4.46. The van der Waals surface area contributed by atoms with Crippen LogP contribution < -0.4 is 5.32 Å². The summed E-state index contributed by atoms with van der Waals surface area (Å²) in [7, 11) is 1.34. The summed E-state index contributed by atoms with van der Waals surface area (Å²) in [6.07, 6.45) is 7.63. The Labute approximate surface area is 195 Å². The Morgan fingerprint density at radius 2 is 1.78 bits per heavy atom. The molecule has 32 heavy (non-hydrogen) atoms. The van der Waals surface area contributed by atoms with Gasteiger partial charge in [-0.2, -0.15) is 0 Å². The number of rotatable bonds is 5. The van der Waals surface area contributed by atoms with Crippen molar-refractivity contribution < 1.29 is 14.3 Å². The summed E-state index contributed by atoms with van der Waals surface area (Å²) in [5.74, 6) is 6.76.